The summed E-state index contributed by atoms with van der Waals surface area (Å²) in [5.41, 5.74) is 0.300. The van der Waals surface area contributed by atoms with E-state index in [4.69, 9.17) is 0 Å². The second kappa shape index (κ2) is 5.30. The highest BCUT2D eigenvalue weighted by Gasteiger charge is 2.18. The van der Waals surface area contributed by atoms with Crippen molar-refractivity contribution in [1.29, 1.82) is 0 Å². The molecule has 0 atom stereocenters. The molecule has 0 saturated carbocycles. The van der Waals surface area contributed by atoms with Crippen molar-refractivity contribution in [1.82, 2.24) is 9.55 Å². The maximum absolute atomic E-state index is 13.1. The molecule has 3 rings (SSSR count). The first-order valence-electron chi connectivity index (χ1n) is 6.80. The third-order valence-electron chi connectivity index (χ3n) is 3.27. The Kier molecular flexibility index (Phi) is 3.58. The molecule has 0 saturated heterocycles. The van der Waals surface area contributed by atoms with Crippen LogP contribution in [0.3, 0.4) is 0 Å². The number of nitrogens with zero attached hydrogens (tertiary/aromatic N) is 2. The van der Waals surface area contributed by atoms with E-state index in [1.165, 1.54) is 34.4 Å². The minimum absolute atomic E-state index is 0.160. The van der Waals surface area contributed by atoms with Crippen LogP contribution in [0.5, 0.6) is 0 Å². The van der Waals surface area contributed by atoms with Gasteiger partial charge in [-0.15, -0.1) is 11.3 Å². The first-order chi connectivity index (χ1) is 10.3. The van der Waals surface area contributed by atoms with Gasteiger partial charge in [0.1, 0.15) is 10.6 Å². The molecule has 0 fully saturated rings. The lowest BCUT2D eigenvalue weighted by Gasteiger charge is -2.18. The molecule has 22 heavy (non-hydrogen) atoms. The highest BCUT2D eigenvalue weighted by molar-refractivity contribution is 7.17. The summed E-state index contributed by atoms with van der Waals surface area (Å²) in [4.78, 5) is 17.6. The molecule has 0 unspecified atom stereocenters. The summed E-state index contributed by atoms with van der Waals surface area (Å²) in [5, 5.41) is 12.3. The Morgan fingerprint density at radius 3 is 2.64 bits per heavy atom. The summed E-state index contributed by atoms with van der Waals surface area (Å²) in [6, 6.07) is 6.02. The van der Waals surface area contributed by atoms with Crippen molar-refractivity contribution in [3.8, 4) is 11.1 Å². The summed E-state index contributed by atoms with van der Waals surface area (Å²) in [6.45, 7) is 3.43. The normalized spacial score (nSPS) is 12.0. The van der Waals surface area contributed by atoms with Crippen molar-refractivity contribution in [2.24, 2.45) is 0 Å². The van der Waals surface area contributed by atoms with Crippen LogP contribution < -0.4 is 5.56 Å². The standard InChI is InChI=1S/C16H15FN2O2S/c1-16(2,21)8-19-9-18-14-13(15(19)20)12(7-22-14)10-3-5-11(17)6-4-10/h3-7,9,21H,8H2,1-2H3. The van der Waals surface area contributed by atoms with Gasteiger partial charge < -0.3 is 5.11 Å². The molecule has 0 aliphatic carbocycles. The van der Waals surface area contributed by atoms with Crippen LogP contribution in [0.4, 0.5) is 4.39 Å². The monoisotopic (exact) mass is 318 g/mol. The Labute approximate surface area is 130 Å². The van der Waals surface area contributed by atoms with E-state index in [-0.39, 0.29) is 17.9 Å². The fraction of sp³-hybridized carbons (Fsp3) is 0.250. The largest absolute Gasteiger partial charge is 0.389 e. The Bertz CT molecular complexity index is 876. The van der Waals surface area contributed by atoms with Crippen LogP contribution in [0.25, 0.3) is 21.3 Å². The van der Waals surface area contributed by atoms with Crippen molar-refractivity contribution in [2.45, 2.75) is 26.0 Å². The number of halogens is 1. The van der Waals surface area contributed by atoms with Crippen LogP contribution >= 0.6 is 11.3 Å². The van der Waals surface area contributed by atoms with E-state index in [1.807, 2.05) is 5.38 Å². The van der Waals surface area contributed by atoms with E-state index in [0.717, 1.165) is 11.1 Å². The third kappa shape index (κ3) is 2.80. The van der Waals surface area contributed by atoms with Crippen LogP contribution in [0.15, 0.2) is 40.8 Å². The molecule has 2 aromatic heterocycles. The Balaban J connectivity index is 2.19. The molecule has 2 heterocycles. The quantitative estimate of drug-likeness (QED) is 0.807. The second-order valence-electron chi connectivity index (χ2n) is 5.83. The maximum atomic E-state index is 13.1. The zero-order valence-corrected chi connectivity index (χ0v) is 13.0. The van der Waals surface area contributed by atoms with Gasteiger partial charge in [0.2, 0.25) is 0 Å². The molecule has 1 aromatic carbocycles. The topological polar surface area (TPSA) is 55.1 Å². The van der Waals surface area contributed by atoms with Crippen LogP contribution in [0, 0.1) is 5.82 Å². The van der Waals surface area contributed by atoms with Crippen LogP contribution in [0.1, 0.15) is 13.8 Å². The number of aliphatic hydroxyl groups is 1. The number of hydrogen-bond donors (Lipinski definition) is 1. The van der Waals surface area contributed by atoms with E-state index in [9.17, 15) is 14.3 Å². The van der Waals surface area contributed by atoms with Gasteiger partial charge in [0.25, 0.3) is 5.56 Å². The average Bonchev–Trinajstić information content (AvgIpc) is 2.86. The van der Waals surface area contributed by atoms with E-state index in [2.05, 4.69) is 4.98 Å². The van der Waals surface area contributed by atoms with Gasteiger partial charge in [-0.25, -0.2) is 9.37 Å². The number of benzene rings is 1. The first kappa shape index (κ1) is 14.9. The molecule has 114 valence electrons. The van der Waals surface area contributed by atoms with E-state index < -0.39 is 5.60 Å². The lowest BCUT2D eigenvalue weighted by molar-refractivity contribution is 0.0603. The fourth-order valence-corrected chi connectivity index (χ4v) is 3.25. The van der Waals surface area contributed by atoms with E-state index in [1.54, 1.807) is 26.0 Å². The summed E-state index contributed by atoms with van der Waals surface area (Å²) in [7, 11) is 0. The number of aromatic nitrogens is 2. The van der Waals surface area contributed by atoms with Crippen molar-refractivity contribution in [3.63, 3.8) is 0 Å². The lowest BCUT2D eigenvalue weighted by atomic mass is 10.1. The molecule has 4 nitrogen and oxygen atoms in total. The van der Waals surface area contributed by atoms with E-state index in [0.29, 0.717) is 10.2 Å². The molecule has 0 aliphatic heterocycles. The smallest absolute Gasteiger partial charge is 0.262 e. The summed E-state index contributed by atoms with van der Waals surface area (Å²) < 4.78 is 14.5. The Hall–Kier alpha value is -2.05. The first-order valence-corrected chi connectivity index (χ1v) is 7.68. The molecule has 1 N–H and O–H groups in total. The molecule has 3 aromatic rings. The molecular formula is C16H15FN2O2S. The number of rotatable bonds is 3. The Morgan fingerprint density at radius 2 is 2.00 bits per heavy atom. The maximum Gasteiger partial charge on any atom is 0.262 e. The van der Waals surface area contributed by atoms with Crippen molar-refractivity contribution >= 4 is 21.6 Å². The highest BCUT2D eigenvalue weighted by Crippen LogP contribution is 2.30. The second-order valence-corrected chi connectivity index (χ2v) is 6.68. The van der Waals surface area contributed by atoms with Gasteiger partial charge in [-0.05, 0) is 31.5 Å². The van der Waals surface area contributed by atoms with Crippen LogP contribution in [-0.4, -0.2) is 20.3 Å². The Morgan fingerprint density at radius 1 is 1.32 bits per heavy atom. The fourth-order valence-electron chi connectivity index (χ4n) is 2.34. The van der Waals surface area contributed by atoms with Gasteiger partial charge in [0.05, 0.1) is 23.9 Å². The molecule has 0 bridgehead atoms. The van der Waals surface area contributed by atoms with Crippen molar-refractivity contribution in [2.75, 3.05) is 0 Å². The highest BCUT2D eigenvalue weighted by atomic mass is 32.1. The predicted octanol–water partition coefficient (Wildman–Crippen LogP) is 3.04. The molecule has 0 radical (unpaired) electrons. The van der Waals surface area contributed by atoms with Gasteiger partial charge in [0, 0.05) is 10.9 Å². The molecule has 6 heteroatoms. The summed E-state index contributed by atoms with van der Waals surface area (Å²) >= 11 is 1.37. The SMILES string of the molecule is CC(C)(O)Cn1cnc2scc(-c3ccc(F)cc3)c2c1=O. The van der Waals surface area contributed by atoms with Gasteiger partial charge in [0.15, 0.2) is 0 Å². The van der Waals surface area contributed by atoms with Crippen molar-refractivity contribution in [3.05, 3.63) is 52.1 Å². The third-order valence-corrected chi connectivity index (χ3v) is 4.16. The zero-order chi connectivity index (χ0) is 15.9. The lowest BCUT2D eigenvalue weighted by Crippen LogP contribution is -2.32. The minimum atomic E-state index is -1.01. The molecule has 0 amide bonds. The van der Waals surface area contributed by atoms with Gasteiger partial charge in [-0.2, -0.15) is 0 Å². The molecule has 0 spiro atoms. The average molecular weight is 318 g/mol. The van der Waals surface area contributed by atoms with E-state index >= 15 is 0 Å². The number of hydrogen-bond acceptors (Lipinski definition) is 4. The predicted molar refractivity (Wildman–Crippen MR) is 85.6 cm³/mol. The summed E-state index contributed by atoms with van der Waals surface area (Å²) in [5.74, 6) is -0.319. The molecule has 0 aliphatic rings. The molecular weight excluding hydrogens is 303 g/mol. The van der Waals surface area contributed by atoms with Gasteiger partial charge in [-0.3, -0.25) is 9.36 Å². The van der Waals surface area contributed by atoms with Crippen LogP contribution in [-0.2, 0) is 6.54 Å². The number of thiophene rings is 1. The van der Waals surface area contributed by atoms with Gasteiger partial charge >= 0.3 is 0 Å². The minimum Gasteiger partial charge on any atom is -0.389 e. The number of fused-ring (bicyclic) bond motifs is 1. The summed E-state index contributed by atoms with van der Waals surface area (Å²) in [6.07, 6.45) is 1.45. The van der Waals surface area contributed by atoms with Crippen molar-refractivity contribution < 1.29 is 9.50 Å². The van der Waals surface area contributed by atoms with Gasteiger partial charge in [-0.1, -0.05) is 12.1 Å². The van der Waals surface area contributed by atoms with Crippen LogP contribution in [0.2, 0.25) is 0 Å². The zero-order valence-electron chi connectivity index (χ0n) is 12.2.